The van der Waals surface area contributed by atoms with Gasteiger partial charge < -0.3 is 14.2 Å². The molecule has 0 aliphatic rings. The molecule has 58 heavy (non-hydrogen) atoms. The van der Waals surface area contributed by atoms with Gasteiger partial charge in [-0.1, -0.05) is 173 Å². The molecule has 0 N–H and O–H groups in total. The van der Waals surface area contributed by atoms with Crippen LogP contribution in [-0.2, 0) is 23.8 Å². The Morgan fingerprint density at radius 2 is 0.724 bits per heavy atom. The van der Waals surface area contributed by atoms with Crippen molar-refractivity contribution >= 4 is 11.9 Å². The summed E-state index contributed by atoms with van der Waals surface area (Å²) in [4.78, 5) is 25.2. The van der Waals surface area contributed by atoms with Gasteiger partial charge in [0.05, 0.1) is 6.61 Å². The maximum atomic E-state index is 12.7. The Morgan fingerprint density at radius 1 is 0.379 bits per heavy atom. The van der Waals surface area contributed by atoms with E-state index in [1.165, 1.54) is 0 Å². The summed E-state index contributed by atoms with van der Waals surface area (Å²) in [6.45, 7) is 7.20. The minimum absolute atomic E-state index is 0.00538. The van der Waals surface area contributed by atoms with E-state index in [1.54, 1.807) is 0 Å². The third kappa shape index (κ3) is 44.5. The molecule has 0 bridgehead atoms. The maximum Gasteiger partial charge on any atom is 0.306 e. The molecule has 1 unspecified atom stereocenters. The number of hydrogen-bond donors (Lipinski definition) is 0. The molecule has 0 radical (unpaired) electrons. The Morgan fingerprint density at radius 3 is 1.12 bits per heavy atom. The molecular formula is C53H80O5. The lowest BCUT2D eigenvalue weighted by molar-refractivity contribution is -0.162. The van der Waals surface area contributed by atoms with E-state index >= 15 is 0 Å². The second-order valence-corrected chi connectivity index (χ2v) is 13.8. The molecule has 0 saturated carbocycles. The molecule has 1 atom stereocenters. The number of allylic oxidation sites excluding steroid dienone is 24. The average molecular weight is 797 g/mol. The zero-order chi connectivity index (χ0) is 42.1. The number of esters is 2. The van der Waals surface area contributed by atoms with Gasteiger partial charge >= 0.3 is 11.9 Å². The Bertz CT molecular complexity index is 1310. The van der Waals surface area contributed by atoms with Crippen LogP contribution in [0.2, 0.25) is 0 Å². The predicted molar refractivity (Wildman–Crippen MR) is 251 cm³/mol. The normalized spacial score (nSPS) is 13.6. The molecule has 0 rings (SSSR count). The fourth-order valence-electron chi connectivity index (χ4n) is 5.17. The molecular weight excluding hydrogens is 717 g/mol. The van der Waals surface area contributed by atoms with Crippen LogP contribution in [0.1, 0.15) is 149 Å². The first-order valence-electron chi connectivity index (χ1n) is 22.4. The van der Waals surface area contributed by atoms with Gasteiger partial charge in [0.2, 0.25) is 0 Å². The van der Waals surface area contributed by atoms with E-state index in [2.05, 4.69) is 154 Å². The maximum absolute atomic E-state index is 12.7. The van der Waals surface area contributed by atoms with Crippen molar-refractivity contribution in [2.75, 3.05) is 19.8 Å². The van der Waals surface area contributed by atoms with Gasteiger partial charge in [-0.3, -0.25) is 9.59 Å². The topological polar surface area (TPSA) is 61.8 Å². The van der Waals surface area contributed by atoms with Gasteiger partial charge in [-0.25, -0.2) is 0 Å². The minimum atomic E-state index is -0.629. The predicted octanol–water partition coefficient (Wildman–Crippen LogP) is 15.0. The number of ether oxygens (including phenoxy) is 3. The lowest BCUT2D eigenvalue weighted by Crippen LogP contribution is -2.30. The largest absolute Gasteiger partial charge is 0.462 e. The highest BCUT2D eigenvalue weighted by atomic mass is 16.6. The van der Waals surface area contributed by atoms with Crippen LogP contribution in [0.25, 0.3) is 0 Å². The molecule has 0 aliphatic carbocycles. The van der Waals surface area contributed by atoms with E-state index in [-0.39, 0.29) is 38.0 Å². The van der Waals surface area contributed by atoms with E-state index in [4.69, 9.17) is 14.2 Å². The van der Waals surface area contributed by atoms with Crippen LogP contribution in [0.5, 0.6) is 0 Å². The average Bonchev–Trinajstić information content (AvgIpc) is 3.22. The second-order valence-electron chi connectivity index (χ2n) is 13.8. The molecule has 0 aromatic rings. The van der Waals surface area contributed by atoms with Gasteiger partial charge in [0, 0.05) is 19.4 Å². The van der Waals surface area contributed by atoms with Crippen molar-refractivity contribution in [3.05, 3.63) is 146 Å². The standard InChI is InChI=1S/C53H80O5/c1-4-7-10-13-16-19-22-25-26-27-30-33-36-39-42-45-48-56-49-51(58-53(55)47-44-41-38-35-32-29-24-21-18-15-12-9-6-3)50-57-52(54)46-43-40-37-34-31-28-23-20-17-14-11-8-5-2/h7-12,16-21,25-26,28-33,37-38,40-41,51H,4-6,13-15,22-24,27,34-36,39,42-50H2,1-3H3/b10-7-,11-8-,12-9-,19-16-,20-17-,21-18-,26-25-,31-28-,32-29-,33-30-,40-37-,41-38-. The minimum Gasteiger partial charge on any atom is -0.462 e. The van der Waals surface area contributed by atoms with Gasteiger partial charge in [0.25, 0.3) is 0 Å². The highest BCUT2D eigenvalue weighted by Crippen LogP contribution is 2.07. The molecule has 5 nitrogen and oxygen atoms in total. The molecule has 0 spiro atoms. The zero-order valence-corrected chi connectivity index (χ0v) is 36.7. The summed E-state index contributed by atoms with van der Waals surface area (Å²) in [7, 11) is 0. The van der Waals surface area contributed by atoms with Crippen LogP contribution >= 0.6 is 0 Å². The summed E-state index contributed by atoms with van der Waals surface area (Å²) in [5.41, 5.74) is 0. The van der Waals surface area contributed by atoms with Crippen molar-refractivity contribution in [3.8, 4) is 0 Å². The van der Waals surface area contributed by atoms with Gasteiger partial charge in [-0.05, 0) is 109 Å². The molecule has 0 fully saturated rings. The molecule has 0 aromatic carbocycles. The first-order chi connectivity index (χ1) is 28.6. The van der Waals surface area contributed by atoms with E-state index in [0.29, 0.717) is 19.4 Å². The van der Waals surface area contributed by atoms with Crippen LogP contribution in [0, 0.1) is 0 Å². The van der Waals surface area contributed by atoms with Gasteiger partial charge in [-0.15, -0.1) is 0 Å². The van der Waals surface area contributed by atoms with E-state index < -0.39 is 6.10 Å². The van der Waals surface area contributed by atoms with Gasteiger partial charge in [-0.2, -0.15) is 0 Å². The van der Waals surface area contributed by atoms with Crippen molar-refractivity contribution in [1.29, 1.82) is 0 Å². The summed E-state index contributed by atoms with van der Waals surface area (Å²) in [6.07, 6.45) is 68.8. The summed E-state index contributed by atoms with van der Waals surface area (Å²) >= 11 is 0. The molecule has 0 saturated heterocycles. The molecule has 0 heterocycles. The number of carbonyl (C=O) groups excluding carboxylic acids is 2. The van der Waals surface area contributed by atoms with E-state index in [0.717, 1.165) is 103 Å². The quantitative estimate of drug-likeness (QED) is 0.0354. The Balaban J connectivity index is 4.56. The smallest absolute Gasteiger partial charge is 0.306 e. The van der Waals surface area contributed by atoms with Crippen molar-refractivity contribution in [2.24, 2.45) is 0 Å². The summed E-state index contributed by atoms with van der Waals surface area (Å²) in [5, 5.41) is 0. The van der Waals surface area contributed by atoms with Gasteiger partial charge in [0.15, 0.2) is 6.10 Å². The fourth-order valence-corrected chi connectivity index (χ4v) is 5.17. The SMILES string of the molecule is CC/C=C\C/C=C\C/C=C\C/C=C\CCCCCOCC(COC(=O)CC/C=C\C/C=C\C/C=C\C/C=C\CC)OC(=O)CC/C=C\C/C=C\C/C=C\C/C=C\CC. The van der Waals surface area contributed by atoms with E-state index in [9.17, 15) is 9.59 Å². The van der Waals surface area contributed by atoms with Crippen molar-refractivity contribution in [2.45, 2.75) is 155 Å². The van der Waals surface area contributed by atoms with Crippen LogP contribution in [-0.4, -0.2) is 37.9 Å². The number of unbranched alkanes of at least 4 members (excludes halogenated alkanes) is 3. The first kappa shape index (κ1) is 53.8. The Kier molecular flexibility index (Phi) is 43.7. The molecule has 0 aromatic heterocycles. The molecule has 0 aliphatic heterocycles. The highest BCUT2D eigenvalue weighted by molar-refractivity contribution is 5.70. The molecule has 5 heteroatoms. The monoisotopic (exact) mass is 797 g/mol. The lowest BCUT2D eigenvalue weighted by Gasteiger charge is -2.18. The lowest BCUT2D eigenvalue weighted by atomic mass is 10.2. The van der Waals surface area contributed by atoms with Crippen molar-refractivity contribution in [1.82, 2.24) is 0 Å². The third-order valence-electron chi connectivity index (χ3n) is 8.38. The van der Waals surface area contributed by atoms with Crippen LogP contribution in [0.15, 0.2) is 146 Å². The van der Waals surface area contributed by atoms with Crippen LogP contribution < -0.4 is 0 Å². The van der Waals surface area contributed by atoms with Gasteiger partial charge in [0.1, 0.15) is 6.61 Å². The summed E-state index contributed by atoms with van der Waals surface area (Å²) in [5.74, 6) is -0.621. The van der Waals surface area contributed by atoms with Crippen molar-refractivity contribution < 1.29 is 23.8 Å². The number of carbonyl (C=O) groups is 2. The summed E-state index contributed by atoms with van der Waals surface area (Å²) in [6, 6.07) is 0. The second kappa shape index (κ2) is 47.2. The fraction of sp³-hybridized carbons (Fsp3) is 0.509. The Hall–Kier alpha value is -4.22. The van der Waals surface area contributed by atoms with Crippen molar-refractivity contribution in [3.63, 3.8) is 0 Å². The third-order valence-corrected chi connectivity index (χ3v) is 8.38. The number of hydrogen-bond acceptors (Lipinski definition) is 5. The summed E-state index contributed by atoms with van der Waals surface area (Å²) < 4.78 is 17.1. The first-order valence-corrected chi connectivity index (χ1v) is 22.4. The molecule has 0 amide bonds. The number of rotatable bonds is 38. The van der Waals surface area contributed by atoms with Crippen LogP contribution in [0.4, 0.5) is 0 Å². The molecule has 322 valence electrons. The highest BCUT2D eigenvalue weighted by Gasteiger charge is 2.17. The van der Waals surface area contributed by atoms with Crippen LogP contribution in [0.3, 0.4) is 0 Å². The zero-order valence-electron chi connectivity index (χ0n) is 36.7. The Labute approximate surface area is 355 Å². The van der Waals surface area contributed by atoms with E-state index in [1.807, 2.05) is 12.2 Å².